The molecule has 0 atom stereocenters. The van der Waals surface area contributed by atoms with Crippen LogP contribution in [0.1, 0.15) is 17.3 Å². The number of H-pyrrole nitrogens is 1. The van der Waals surface area contributed by atoms with Crippen LogP contribution in [0.5, 0.6) is 5.75 Å². The highest BCUT2D eigenvalue weighted by molar-refractivity contribution is 5.93. The summed E-state index contributed by atoms with van der Waals surface area (Å²) in [5.74, 6) is -0.387. The number of hydrogen-bond acceptors (Lipinski definition) is 8. The number of carbonyl (C=O) groups is 2. The fourth-order valence-electron chi connectivity index (χ4n) is 3.03. The van der Waals surface area contributed by atoms with E-state index >= 15 is 0 Å². The van der Waals surface area contributed by atoms with E-state index in [1.807, 2.05) is 0 Å². The minimum absolute atomic E-state index is 0.0215. The summed E-state index contributed by atoms with van der Waals surface area (Å²) < 4.78 is 16.1. The molecule has 1 amide bonds. The zero-order chi connectivity index (χ0) is 23.4. The summed E-state index contributed by atoms with van der Waals surface area (Å²) >= 11 is 0. The number of carbonyl (C=O) groups excluding carboxylic acids is 2. The molecule has 10 heteroatoms. The molecule has 0 fully saturated rings. The van der Waals surface area contributed by atoms with Crippen LogP contribution in [0.2, 0.25) is 0 Å². The second-order valence-corrected chi connectivity index (χ2v) is 6.72. The average Bonchev–Trinajstić information content (AvgIpc) is 2.80. The van der Waals surface area contributed by atoms with Gasteiger partial charge >= 0.3 is 12.1 Å². The molecule has 1 aromatic carbocycles. The summed E-state index contributed by atoms with van der Waals surface area (Å²) in [4.78, 5) is 54.8. The van der Waals surface area contributed by atoms with Gasteiger partial charge in [0.25, 0.3) is 0 Å². The summed E-state index contributed by atoms with van der Waals surface area (Å²) in [6, 6.07) is 11.3. The number of amides is 1. The van der Waals surface area contributed by atoms with Crippen molar-refractivity contribution in [3.8, 4) is 17.1 Å². The molecule has 4 rings (SSSR count). The lowest BCUT2D eigenvalue weighted by Crippen LogP contribution is -2.15. The molecular formula is C23H17N3O7. The van der Waals surface area contributed by atoms with Crippen LogP contribution in [0.15, 0.2) is 74.9 Å². The number of nitrogens with zero attached hydrogens (tertiary/aromatic N) is 1. The van der Waals surface area contributed by atoms with E-state index in [1.165, 1.54) is 48.8 Å². The van der Waals surface area contributed by atoms with Crippen LogP contribution in [0.25, 0.3) is 22.4 Å². The maximum absolute atomic E-state index is 12.5. The van der Waals surface area contributed by atoms with Crippen molar-refractivity contribution in [2.75, 3.05) is 11.9 Å². The predicted octanol–water partition coefficient (Wildman–Crippen LogP) is 3.33. The SMILES string of the molecule is CCOC(=O)Nc1cc(OC(=O)c2cccnc2)ccc1-c1cc(=O)c2[nH]c(=O)ccc2o1. The van der Waals surface area contributed by atoms with E-state index in [0.717, 1.165) is 0 Å². The largest absolute Gasteiger partial charge is 0.454 e. The zero-order valence-corrected chi connectivity index (χ0v) is 17.3. The third-order valence-electron chi connectivity index (χ3n) is 4.49. The van der Waals surface area contributed by atoms with Gasteiger partial charge in [-0.2, -0.15) is 0 Å². The van der Waals surface area contributed by atoms with Crippen LogP contribution < -0.4 is 21.0 Å². The van der Waals surface area contributed by atoms with E-state index < -0.39 is 23.1 Å². The Bertz CT molecular complexity index is 1460. The molecule has 33 heavy (non-hydrogen) atoms. The van der Waals surface area contributed by atoms with Crippen LogP contribution >= 0.6 is 0 Å². The minimum atomic E-state index is -0.748. The Morgan fingerprint density at radius 2 is 1.97 bits per heavy atom. The Kier molecular flexibility index (Phi) is 5.98. The topological polar surface area (TPSA) is 141 Å². The van der Waals surface area contributed by atoms with E-state index in [0.29, 0.717) is 5.56 Å². The molecule has 0 unspecified atom stereocenters. The van der Waals surface area contributed by atoms with E-state index in [9.17, 15) is 19.2 Å². The van der Waals surface area contributed by atoms with Gasteiger partial charge in [0.05, 0.1) is 17.9 Å². The van der Waals surface area contributed by atoms with E-state index in [-0.39, 0.29) is 40.5 Å². The van der Waals surface area contributed by atoms with Crippen molar-refractivity contribution in [3.05, 3.63) is 87.1 Å². The second kappa shape index (κ2) is 9.18. The Morgan fingerprint density at radius 1 is 1.12 bits per heavy atom. The van der Waals surface area contributed by atoms with E-state index in [2.05, 4.69) is 15.3 Å². The van der Waals surface area contributed by atoms with Crippen molar-refractivity contribution in [2.24, 2.45) is 0 Å². The molecule has 0 saturated carbocycles. The minimum Gasteiger partial charge on any atom is -0.454 e. The summed E-state index contributed by atoms with van der Waals surface area (Å²) in [6.45, 7) is 1.78. The smallest absolute Gasteiger partial charge is 0.411 e. The standard InChI is InChI=1S/C23H17N3O7/c1-2-31-23(30)25-16-10-14(32-22(29)13-4-3-9-24-12-13)5-6-15(16)19-11-17(27)21-18(33-19)7-8-20(28)26-21/h3-12H,2H2,1H3,(H,25,30)(H,26,28). The van der Waals surface area contributed by atoms with Gasteiger partial charge in [0, 0.05) is 36.2 Å². The normalized spacial score (nSPS) is 10.6. The molecular weight excluding hydrogens is 430 g/mol. The number of benzene rings is 1. The molecule has 0 aliphatic carbocycles. The summed E-state index contributed by atoms with van der Waals surface area (Å²) in [6.07, 6.45) is 2.14. The van der Waals surface area contributed by atoms with Gasteiger partial charge in [-0.1, -0.05) is 0 Å². The van der Waals surface area contributed by atoms with Gasteiger partial charge in [0.15, 0.2) is 5.58 Å². The molecule has 4 aromatic rings. The third-order valence-corrected chi connectivity index (χ3v) is 4.49. The molecule has 0 spiro atoms. The molecule has 0 radical (unpaired) electrons. The maximum Gasteiger partial charge on any atom is 0.411 e. The van der Waals surface area contributed by atoms with Crippen LogP contribution in [0.3, 0.4) is 0 Å². The van der Waals surface area contributed by atoms with E-state index in [4.69, 9.17) is 13.9 Å². The molecule has 0 saturated heterocycles. The first-order valence-electron chi connectivity index (χ1n) is 9.82. The number of aromatic amines is 1. The lowest BCUT2D eigenvalue weighted by Gasteiger charge is -2.13. The molecule has 3 aromatic heterocycles. The van der Waals surface area contributed by atoms with Gasteiger partial charge in [-0.3, -0.25) is 19.9 Å². The number of ether oxygens (including phenoxy) is 2. The number of nitrogens with one attached hydrogen (secondary N) is 2. The van der Waals surface area contributed by atoms with Crippen molar-refractivity contribution in [1.82, 2.24) is 9.97 Å². The first-order chi connectivity index (χ1) is 15.9. The number of rotatable bonds is 5. The van der Waals surface area contributed by atoms with Gasteiger partial charge in [0.1, 0.15) is 17.0 Å². The van der Waals surface area contributed by atoms with Crippen molar-refractivity contribution in [3.63, 3.8) is 0 Å². The lowest BCUT2D eigenvalue weighted by molar-refractivity contribution is 0.0734. The van der Waals surface area contributed by atoms with Gasteiger partial charge in [0.2, 0.25) is 11.0 Å². The number of fused-ring (bicyclic) bond motifs is 1. The summed E-state index contributed by atoms with van der Waals surface area (Å²) in [5.41, 5.74) is 0.0202. The lowest BCUT2D eigenvalue weighted by atomic mass is 10.1. The van der Waals surface area contributed by atoms with Gasteiger partial charge < -0.3 is 18.9 Å². The molecule has 0 aliphatic rings. The second-order valence-electron chi connectivity index (χ2n) is 6.72. The molecule has 2 N–H and O–H groups in total. The molecule has 166 valence electrons. The highest BCUT2D eigenvalue weighted by atomic mass is 16.5. The number of esters is 1. The Morgan fingerprint density at radius 3 is 2.73 bits per heavy atom. The van der Waals surface area contributed by atoms with Crippen LogP contribution in [-0.4, -0.2) is 28.6 Å². The Balaban J connectivity index is 1.75. The molecule has 10 nitrogen and oxygen atoms in total. The fraction of sp³-hybridized carbons (Fsp3) is 0.0870. The Hall–Kier alpha value is -4.73. The monoisotopic (exact) mass is 447 g/mol. The van der Waals surface area contributed by atoms with Crippen LogP contribution in [0.4, 0.5) is 10.5 Å². The molecule has 3 heterocycles. The number of aromatic nitrogens is 2. The Labute approximate surface area is 185 Å². The molecule has 0 aliphatic heterocycles. The third kappa shape index (κ3) is 4.79. The van der Waals surface area contributed by atoms with Crippen molar-refractivity contribution in [2.45, 2.75) is 6.92 Å². The van der Waals surface area contributed by atoms with Crippen molar-refractivity contribution >= 4 is 28.8 Å². The first kappa shape index (κ1) is 21.5. The number of hydrogen-bond donors (Lipinski definition) is 2. The van der Waals surface area contributed by atoms with Crippen LogP contribution in [0, 0.1) is 0 Å². The quantitative estimate of drug-likeness (QED) is 0.351. The number of pyridine rings is 2. The summed E-state index contributed by atoms with van der Waals surface area (Å²) in [5, 5.41) is 2.56. The zero-order valence-electron chi connectivity index (χ0n) is 17.3. The highest BCUT2D eigenvalue weighted by Crippen LogP contribution is 2.32. The maximum atomic E-state index is 12.5. The van der Waals surface area contributed by atoms with Crippen LogP contribution in [-0.2, 0) is 4.74 Å². The fourth-order valence-corrected chi connectivity index (χ4v) is 3.03. The molecule has 0 bridgehead atoms. The van der Waals surface area contributed by atoms with Gasteiger partial charge in [-0.05, 0) is 37.3 Å². The van der Waals surface area contributed by atoms with Crippen molar-refractivity contribution < 1.29 is 23.5 Å². The van der Waals surface area contributed by atoms with Crippen molar-refractivity contribution in [1.29, 1.82) is 0 Å². The summed E-state index contributed by atoms with van der Waals surface area (Å²) in [7, 11) is 0. The first-order valence-corrected chi connectivity index (χ1v) is 9.82. The predicted molar refractivity (Wildman–Crippen MR) is 118 cm³/mol. The van der Waals surface area contributed by atoms with Gasteiger partial charge in [-0.15, -0.1) is 0 Å². The highest BCUT2D eigenvalue weighted by Gasteiger charge is 2.17. The van der Waals surface area contributed by atoms with E-state index in [1.54, 1.807) is 19.1 Å². The number of anilines is 1. The van der Waals surface area contributed by atoms with Gasteiger partial charge in [-0.25, -0.2) is 9.59 Å². The average molecular weight is 447 g/mol.